The van der Waals surface area contributed by atoms with E-state index in [0.29, 0.717) is 23.2 Å². The molecule has 0 fully saturated rings. The van der Waals surface area contributed by atoms with Crippen LogP contribution in [-0.2, 0) is 13.0 Å². The van der Waals surface area contributed by atoms with Gasteiger partial charge in [0.2, 0.25) is 0 Å². The lowest BCUT2D eigenvalue weighted by atomic mass is 10.1. The number of hydrogen-bond acceptors (Lipinski definition) is 2. The predicted octanol–water partition coefficient (Wildman–Crippen LogP) is 4.84. The fourth-order valence-corrected chi connectivity index (χ4v) is 2.71. The first-order valence-electron chi connectivity index (χ1n) is 6.15. The Morgan fingerprint density at radius 2 is 1.85 bits per heavy atom. The molecule has 5 heteroatoms. The molecule has 2 aromatic rings. The third-order valence-electron chi connectivity index (χ3n) is 2.83. The normalized spacial score (nSPS) is 10.6. The van der Waals surface area contributed by atoms with E-state index in [1.165, 1.54) is 0 Å². The van der Waals surface area contributed by atoms with E-state index in [2.05, 4.69) is 15.9 Å². The Morgan fingerprint density at radius 3 is 2.55 bits per heavy atom. The lowest BCUT2D eigenvalue weighted by Gasteiger charge is -2.12. The summed E-state index contributed by atoms with van der Waals surface area (Å²) in [6, 6.07) is 11.3. The Balaban J connectivity index is 2.14. The van der Waals surface area contributed by atoms with Gasteiger partial charge in [0, 0.05) is 20.1 Å². The molecule has 0 aliphatic carbocycles. The van der Waals surface area contributed by atoms with Crippen LogP contribution in [0, 0.1) is 0 Å². The average molecular weight is 375 g/mol. The first kappa shape index (κ1) is 15.6. The van der Waals surface area contributed by atoms with Crippen LogP contribution in [0.15, 0.2) is 40.9 Å². The van der Waals surface area contributed by atoms with Crippen molar-refractivity contribution < 1.29 is 4.74 Å². The van der Waals surface area contributed by atoms with Crippen LogP contribution < -0.4 is 10.5 Å². The smallest absolute Gasteiger partial charge is 0.123 e. The van der Waals surface area contributed by atoms with Gasteiger partial charge in [-0.15, -0.1) is 0 Å². The van der Waals surface area contributed by atoms with Gasteiger partial charge < -0.3 is 10.5 Å². The maximum absolute atomic E-state index is 6.13. The second kappa shape index (κ2) is 7.32. The van der Waals surface area contributed by atoms with Crippen LogP contribution in [0.1, 0.15) is 11.1 Å². The molecule has 0 aliphatic heterocycles. The van der Waals surface area contributed by atoms with Crippen molar-refractivity contribution in [1.29, 1.82) is 0 Å². The molecule has 0 amide bonds. The van der Waals surface area contributed by atoms with Gasteiger partial charge in [0.1, 0.15) is 12.4 Å². The third-order valence-corrected chi connectivity index (χ3v) is 3.91. The Kier molecular flexibility index (Phi) is 5.73. The van der Waals surface area contributed by atoms with Crippen LogP contribution in [0.4, 0.5) is 0 Å². The van der Waals surface area contributed by atoms with Gasteiger partial charge in [-0.25, -0.2) is 0 Å². The Morgan fingerprint density at radius 1 is 1.05 bits per heavy atom. The van der Waals surface area contributed by atoms with Gasteiger partial charge in [-0.2, -0.15) is 0 Å². The highest BCUT2D eigenvalue weighted by Crippen LogP contribution is 2.26. The van der Waals surface area contributed by atoms with Crippen molar-refractivity contribution >= 4 is 39.1 Å². The van der Waals surface area contributed by atoms with Crippen molar-refractivity contribution in [3.05, 3.63) is 62.0 Å². The van der Waals surface area contributed by atoms with E-state index in [9.17, 15) is 0 Å². The van der Waals surface area contributed by atoms with Crippen LogP contribution in [0.3, 0.4) is 0 Å². The number of rotatable bonds is 5. The molecule has 0 bridgehead atoms. The van der Waals surface area contributed by atoms with Crippen molar-refractivity contribution in [2.75, 3.05) is 6.54 Å². The molecule has 0 saturated carbocycles. The van der Waals surface area contributed by atoms with E-state index >= 15 is 0 Å². The first-order valence-corrected chi connectivity index (χ1v) is 7.70. The molecule has 106 valence electrons. The highest BCUT2D eigenvalue weighted by atomic mass is 79.9. The zero-order valence-electron chi connectivity index (χ0n) is 10.7. The Hall–Kier alpha value is -0.740. The van der Waals surface area contributed by atoms with Crippen molar-refractivity contribution in [2.45, 2.75) is 13.0 Å². The first-order chi connectivity index (χ1) is 9.60. The number of ether oxygens (including phenoxy) is 1. The van der Waals surface area contributed by atoms with E-state index in [-0.39, 0.29) is 0 Å². The molecule has 0 aliphatic rings. The summed E-state index contributed by atoms with van der Waals surface area (Å²) in [4.78, 5) is 0. The van der Waals surface area contributed by atoms with E-state index in [0.717, 1.165) is 27.8 Å². The highest BCUT2D eigenvalue weighted by Gasteiger charge is 2.07. The van der Waals surface area contributed by atoms with Crippen molar-refractivity contribution in [3.63, 3.8) is 0 Å². The molecule has 2 N–H and O–H groups in total. The third kappa shape index (κ3) is 4.13. The summed E-state index contributed by atoms with van der Waals surface area (Å²) in [5.74, 6) is 0.824. The van der Waals surface area contributed by atoms with Crippen molar-refractivity contribution in [1.82, 2.24) is 0 Å². The minimum atomic E-state index is 0.398. The molecule has 0 atom stereocenters. The zero-order valence-corrected chi connectivity index (χ0v) is 13.8. The molecule has 0 radical (unpaired) electrons. The standard InChI is InChI=1S/C15H14BrCl2NO/c16-12-2-4-15(10(7-12)5-6-19)20-9-11-1-3-13(17)8-14(11)18/h1-4,7-8H,5-6,9,19H2. The van der Waals surface area contributed by atoms with Gasteiger partial charge in [-0.05, 0) is 48.9 Å². The topological polar surface area (TPSA) is 35.2 Å². The van der Waals surface area contributed by atoms with Gasteiger partial charge in [0.15, 0.2) is 0 Å². The second-order valence-corrected chi connectivity index (χ2v) is 6.07. The Bertz CT molecular complexity index is 604. The lowest BCUT2D eigenvalue weighted by molar-refractivity contribution is 0.303. The minimum Gasteiger partial charge on any atom is -0.489 e. The molecule has 0 heterocycles. The summed E-state index contributed by atoms with van der Waals surface area (Å²) in [6.07, 6.45) is 0.767. The van der Waals surface area contributed by atoms with Crippen molar-refractivity contribution in [2.24, 2.45) is 5.73 Å². The number of hydrogen-bond donors (Lipinski definition) is 1. The fourth-order valence-electron chi connectivity index (χ4n) is 1.83. The van der Waals surface area contributed by atoms with Gasteiger partial charge >= 0.3 is 0 Å². The molecule has 0 spiro atoms. The molecule has 2 nitrogen and oxygen atoms in total. The van der Waals surface area contributed by atoms with E-state index in [1.807, 2.05) is 24.3 Å². The summed E-state index contributed by atoms with van der Waals surface area (Å²) in [5.41, 5.74) is 7.60. The largest absolute Gasteiger partial charge is 0.489 e. The SMILES string of the molecule is NCCc1cc(Br)ccc1OCc1ccc(Cl)cc1Cl. The quantitative estimate of drug-likeness (QED) is 0.812. The maximum Gasteiger partial charge on any atom is 0.123 e. The summed E-state index contributed by atoms with van der Waals surface area (Å²) >= 11 is 15.5. The molecule has 0 aromatic heterocycles. The van der Waals surface area contributed by atoms with Gasteiger partial charge in [0.05, 0.1) is 0 Å². The Labute approximate surface area is 137 Å². The monoisotopic (exact) mass is 373 g/mol. The number of nitrogens with two attached hydrogens (primary N) is 1. The second-order valence-electron chi connectivity index (χ2n) is 4.32. The maximum atomic E-state index is 6.13. The van der Waals surface area contributed by atoms with Gasteiger partial charge in [-0.1, -0.05) is 45.2 Å². The van der Waals surface area contributed by atoms with E-state index in [4.69, 9.17) is 33.7 Å². The van der Waals surface area contributed by atoms with Crippen molar-refractivity contribution in [3.8, 4) is 5.75 Å². The molecular formula is C15H14BrCl2NO. The fraction of sp³-hybridized carbons (Fsp3) is 0.200. The highest BCUT2D eigenvalue weighted by molar-refractivity contribution is 9.10. The zero-order chi connectivity index (χ0) is 14.5. The summed E-state index contributed by atoms with van der Waals surface area (Å²) in [5, 5.41) is 1.22. The average Bonchev–Trinajstić information content (AvgIpc) is 2.40. The van der Waals surface area contributed by atoms with E-state index < -0.39 is 0 Å². The summed E-state index contributed by atoms with van der Waals surface area (Å²) in [6.45, 7) is 0.976. The molecule has 2 rings (SSSR count). The van der Waals surface area contributed by atoms with Crippen LogP contribution in [-0.4, -0.2) is 6.54 Å². The molecule has 0 saturated heterocycles. The number of halogens is 3. The lowest BCUT2D eigenvalue weighted by Crippen LogP contribution is -2.05. The number of benzene rings is 2. The van der Waals surface area contributed by atoms with Crippen LogP contribution in [0.5, 0.6) is 5.75 Å². The minimum absolute atomic E-state index is 0.398. The molecule has 2 aromatic carbocycles. The molecule has 0 unspecified atom stereocenters. The van der Waals surface area contributed by atoms with Gasteiger partial charge in [-0.3, -0.25) is 0 Å². The van der Waals surface area contributed by atoms with Gasteiger partial charge in [0.25, 0.3) is 0 Å². The van der Waals surface area contributed by atoms with Crippen LogP contribution >= 0.6 is 39.1 Å². The summed E-state index contributed by atoms with van der Waals surface area (Å²) in [7, 11) is 0. The van der Waals surface area contributed by atoms with E-state index in [1.54, 1.807) is 12.1 Å². The van der Waals surface area contributed by atoms with Crippen LogP contribution in [0.2, 0.25) is 10.0 Å². The predicted molar refractivity (Wildman–Crippen MR) is 87.7 cm³/mol. The molecular weight excluding hydrogens is 361 g/mol. The molecule has 20 heavy (non-hydrogen) atoms. The van der Waals surface area contributed by atoms with Crippen LogP contribution in [0.25, 0.3) is 0 Å². The summed E-state index contributed by atoms with van der Waals surface area (Å²) < 4.78 is 6.86.